The van der Waals surface area contributed by atoms with E-state index in [2.05, 4.69) is 5.16 Å². The molecule has 92 valence electrons. The summed E-state index contributed by atoms with van der Waals surface area (Å²) in [6.45, 7) is 0. The van der Waals surface area contributed by atoms with Crippen molar-refractivity contribution in [1.82, 2.24) is 0 Å². The second-order valence-corrected chi connectivity index (χ2v) is 3.19. The average molecular weight is 275 g/mol. The third kappa shape index (κ3) is 4.09. The minimum Gasteiger partial charge on any atom is -0.369 e. The Hall–Kier alpha value is -1.52. The normalized spacial score (nSPS) is 11.9. The van der Waals surface area contributed by atoms with Gasteiger partial charge in [0.2, 0.25) is 5.91 Å². The van der Waals surface area contributed by atoms with Gasteiger partial charge in [0, 0.05) is 5.56 Å². The summed E-state index contributed by atoms with van der Waals surface area (Å²) in [5.74, 6) is 0.251. The molecule has 0 aliphatic carbocycles. The topological polar surface area (TPSA) is 64.7 Å². The van der Waals surface area contributed by atoms with Crippen molar-refractivity contribution in [2.45, 2.75) is 6.42 Å². The van der Waals surface area contributed by atoms with Crippen LogP contribution in [0.15, 0.2) is 35.5 Å². The molecule has 1 aromatic rings. The highest BCUT2D eigenvalue weighted by atomic mass is 35.5. The lowest BCUT2D eigenvalue weighted by Gasteiger charge is -1.99. The maximum atomic E-state index is 10.7. The molecule has 0 unspecified atom stereocenters. The molecular weight excluding hydrogens is 263 g/mol. The van der Waals surface area contributed by atoms with E-state index in [0.717, 1.165) is 5.56 Å². The molecule has 0 bridgehead atoms. The SMILES string of the molecule is Cl.Cl.NC(=O)CC1=NOc2ccccc2C=C1. The molecule has 1 heterocycles. The van der Waals surface area contributed by atoms with E-state index in [1.165, 1.54) is 0 Å². The Labute approximate surface area is 111 Å². The van der Waals surface area contributed by atoms with Crippen molar-refractivity contribution in [3.05, 3.63) is 35.9 Å². The average Bonchev–Trinajstić information content (AvgIpc) is 2.41. The maximum Gasteiger partial charge on any atom is 0.223 e. The molecule has 1 amide bonds. The number of primary amides is 1. The van der Waals surface area contributed by atoms with Gasteiger partial charge in [0.25, 0.3) is 0 Å². The number of rotatable bonds is 2. The van der Waals surface area contributed by atoms with Crippen LogP contribution in [0.4, 0.5) is 0 Å². The zero-order chi connectivity index (χ0) is 10.7. The Kier molecular flexibility index (Phi) is 6.31. The molecule has 0 saturated carbocycles. The molecule has 0 aromatic heterocycles. The summed E-state index contributed by atoms with van der Waals surface area (Å²) >= 11 is 0. The van der Waals surface area contributed by atoms with E-state index in [4.69, 9.17) is 10.6 Å². The number of amides is 1. The van der Waals surface area contributed by atoms with Crippen LogP contribution in [0.2, 0.25) is 0 Å². The number of nitrogens with zero attached hydrogens (tertiary/aromatic N) is 1. The first kappa shape index (κ1) is 15.5. The quantitative estimate of drug-likeness (QED) is 0.898. The number of para-hydroxylation sites is 1. The molecule has 6 heteroatoms. The third-order valence-electron chi connectivity index (χ3n) is 1.99. The van der Waals surface area contributed by atoms with Gasteiger partial charge >= 0.3 is 0 Å². The molecule has 0 atom stereocenters. The molecule has 2 rings (SSSR count). The van der Waals surface area contributed by atoms with Gasteiger partial charge in [-0.15, -0.1) is 24.8 Å². The highest BCUT2D eigenvalue weighted by Crippen LogP contribution is 2.21. The predicted molar refractivity (Wildman–Crippen MR) is 71.8 cm³/mol. The van der Waals surface area contributed by atoms with Crippen molar-refractivity contribution in [1.29, 1.82) is 0 Å². The summed E-state index contributed by atoms with van der Waals surface area (Å²) in [5, 5.41) is 3.83. The highest BCUT2D eigenvalue weighted by molar-refractivity contribution is 6.08. The zero-order valence-electron chi connectivity index (χ0n) is 8.83. The number of oxime groups is 1. The Morgan fingerprint density at radius 2 is 1.94 bits per heavy atom. The molecule has 2 N–H and O–H groups in total. The molecule has 0 radical (unpaired) electrons. The van der Waals surface area contributed by atoms with E-state index >= 15 is 0 Å². The zero-order valence-corrected chi connectivity index (χ0v) is 10.5. The molecule has 0 spiro atoms. The summed E-state index contributed by atoms with van der Waals surface area (Å²) in [5.41, 5.74) is 6.53. The van der Waals surface area contributed by atoms with Crippen LogP contribution in [0, 0.1) is 0 Å². The highest BCUT2D eigenvalue weighted by Gasteiger charge is 2.07. The van der Waals surface area contributed by atoms with E-state index in [1.54, 1.807) is 6.08 Å². The van der Waals surface area contributed by atoms with Crippen molar-refractivity contribution >= 4 is 42.5 Å². The minimum absolute atomic E-state index is 0. The maximum absolute atomic E-state index is 10.7. The fourth-order valence-corrected chi connectivity index (χ4v) is 1.30. The molecule has 1 aliphatic heterocycles. The Bertz CT molecular complexity index is 459. The Morgan fingerprint density at radius 3 is 2.65 bits per heavy atom. The van der Waals surface area contributed by atoms with Crippen LogP contribution in [-0.2, 0) is 4.79 Å². The van der Waals surface area contributed by atoms with Crippen molar-refractivity contribution < 1.29 is 9.63 Å². The number of benzene rings is 1. The minimum atomic E-state index is -0.423. The van der Waals surface area contributed by atoms with Crippen LogP contribution in [0.3, 0.4) is 0 Å². The van der Waals surface area contributed by atoms with Crippen LogP contribution >= 0.6 is 24.8 Å². The first-order valence-corrected chi connectivity index (χ1v) is 4.55. The molecular formula is C11H12Cl2N2O2. The van der Waals surface area contributed by atoms with Crippen LogP contribution < -0.4 is 10.6 Å². The van der Waals surface area contributed by atoms with Gasteiger partial charge in [-0.2, -0.15) is 0 Å². The van der Waals surface area contributed by atoms with Crippen LogP contribution in [0.25, 0.3) is 6.08 Å². The van der Waals surface area contributed by atoms with Crippen molar-refractivity contribution in [3.8, 4) is 5.75 Å². The molecule has 1 aromatic carbocycles. The second-order valence-electron chi connectivity index (χ2n) is 3.19. The first-order valence-electron chi connectivity index (χ1n) is 4.55. The number of halogens is 2. The van der Waals surface area contributed by atoms with Crippen molar-refractivity contribution in [2.75, 3.05) is 0 Å². The summed E-state index contributed by atoms with van der Waals surface area (Å²) in [7, 11) is 0. The summed E-state index contributed by atoms with van der Waals surface area (Å²) in [6, 6.07) is 7.50. The number of fused-ring (bicyclic) bond motifs is 1. The Balaban J connectivity index is 0.00000128. The third-order valence-corrected chi connectivity index (χ3v) is 1.99. The van der Waals surface area contributed by atoms with Gasteiger partial charge in [0.1, 0.15) is 0 Å². The lowest BCUT2D eigenvalue weighted by molar-refractivity contribution is -0.116. The second kappa shape index (κ2) is 6.93. The molecule has 17 heavy (non-hydrogen) atoms. The summed E-state index contributed by atoms with van der Waals surface area (Å²) < 4.78 is 0. The standard InChI is InChI=1S/C11H10N2O2.2ClH/c12-11(14)7-9-6-5-8-3-1-2-4-10(8)15-13-9;;/h1-6H,7H2,(H2,12,14);2*1H. The fourth-order valence-electron chi connectivity index (χ4n) is 1.30. The Morgan fingerprint density at radius 1 is 1.24 bits per heavy atom. The monoisotopic (exact) mass is 274 g/mol. The first-order chi connectivity index (χ1) is 7.25. The molecule has 4 nitrogen and oxygen atoms in total. The van der Waals surface area contributed by atoms with Crippen LogP contribution in [0.5, 0.6) is 5.75 Å². The summed E-state index contributed by atoms with van der Waals surface area (Å²) in [4.78, 5) is 15.9. The van der Waals surface area contributed by atoms with Crippen molar-refractivity contribution in [3.63, 3.8) is 0 Å². The molecule has 1 aliphatic rings. The smallest absolute Gasteiger partial charge is 0.223 e. The number of allylic oxidation sites excluding steroid dienone is 1. The van der Waals surface area contributed by atoms with E-state index in [0.29, 0.717) is 11.5 Å². The van der Waals surface area contributed by atoms with Gasteiger partial charge < -0.3 is 10.6 Å². The predicted octanol–water partition coefficient (Wildman–Crippen LogP) is 2.17. The number of hydrogen-bond donors (Lipinski definition) is 1. The van der Waals surface area contributed by atoms with E-state index < -0.39 is 5.91 Å². The number of carbonyl (C=O) groups is 1. The van der Waals surface area contributed by atoms with E-state index in [-0.39, 0.29) is 31.2 Å². The number of hydrogen-bond acceptors (Lipinski definition) is 3. The van der Waals surface area contributed by atoms with Gasteiger partial charge in [-0.25, -0.2) is 0 Å². The molecule has 0 fully saturated rings. The summed E-state index contributed by atoms with van der Waals surface area (Å²) in [6.07, 6.45) is 3.67. The van der Waals surface area contributed by atoms with Crippen molar-refractivity contribution in [2.24, 2.45) is 10.9 Å². The van der Waals surface area contributed by atoms with Crippen LogP contribution in [0.1, 0.15) is 12.0 Å². The number of carbonyl (C=O) groups excluding carboxylic acids is 1. The van der Waals surface area contributed by atoms with Crippen LogP contribution in [-0.4, -0.2) is 11.6 Å². The molecule has 0 saturated heterocycles. The lowest BCUT2D eigenvalue weighted by Crippen LogP contribution is -2.15. The number of nitrogens with two attached hydrogens (primary N) is 1. The van der Waals surface area contributed by atoms with E-state index in [9.17, 15) is 4.79 Å². The van der Waals surface area contributed by atoms with Gasteiger partial charge in [-0.3, -0.25) is 4.79 Å². The van der Waals surface area contributed by atoms with Gasteiger partial charge in [-0.1, -0.05) is 23.4 Å². The largest absolute Gasteiger partial charge is 0.369 e. The van der Waals surface area contributed by atoms with Gasteiger partial charge in [0.05, 0.1) is 12.1 Å². The lowest BCUT2D eigenvalue weighted by atomic mass is 10.1. The fraction of sp³-hybridized carbons (Fsp3) is 0.0909. The van der Waals surface area contributed by atoms with Gasteiger partial charge in [0.15, 0.2) is 5.75 Å². The van der Waals surface area contributed by atoms with E-state index in [1.807, 2.05) is 30.3 Å². The van der Waals surface area contributed by atoms with Gasteiger partial charge in [-0.05, 0) is 18.2 Å².